The normalized spacial score (nSPS) is 14.7. The van der Waals surface area contributed by atoms with Gasteiger partial charge < -0.3 is 20.1 Å². The van der Waals surface area contributed by atoms with Crippen LogP contribution >= 0.6 is 0 Å². The Morgan fingerprint density at radius 2 is 2.17 bits per heavy atom. The van der Waals surface area contributed by atoms with E-state index in [0.29, 0.717) is 31.7 Å². The quantitative estimate of drug-likeness (QED) is 0.839. The minimum Gasteiger partial charge on any atom is -0.491 e. The monoisotopic (exact) mass is 320 g/mol. The van der Waals surface area contributed by atoms with E-state index in [2.05, 4.69) is 26.1 Å². The molecule has 5 nitrogen and oxygen atoms in total. The van der Waals surface area contributed by atoms with E-state index in [4.69, 9.17) is 4.74 Å². The van der Waals surface area contributed by atoms with Gasteiger partial charge in [0.05, 0.1) is 19.7 Å². The molecule has 2 N–H and O–H groups in total. The fraction of sp³-hybridized carbons (Fsp3) is 0.611. The summed E-state index contributed by atoms with van der Waals surface area (Å²) in [7, 11) is 0. The summed E-state index contributed by atoms with van der Waals surface area (Å²) in [4.78, 5) is 14.1. The van der Waals surface area contributed by atoms with Crippen molar-refractivity contribution < 1.29 is 14.6 Å². The number of nitrogens with zero attached hydrogens (tertiary/aromatic N) is 1. The maximum Gasteiger partial charge on any atom is 0.317 e. The van der Waals surface area contributed by atoms with Gasteiger partial charge in [-0.05, 0) is 36.0 Å². The van der Waals surface area contributed by atoms with Crippen molar-refractivity contribution in [2.24, 2.45) is 5.41 Å². The number of hydrogen-bond donors (Lipinski definition) is 2. The summed E-state index contributed by atoms with van der Waals surface area (Å²) in [5.41, 5.74) is 2.07. The van der Waals surface area contributed by atoms with Gasteiger partial charge in [0.25, 0.3) is 0 Å². The van der Waals surface area contributed by atoms with Gasteiger partial charge in [0, 0.05) is 12.1 Å². The van der Waals surface area contributed by atoms with Crippen LogP contribution in [0.4, 0.5) is 4.79 Å². The van der Waals surface area contributed by atoms with Gasteiger partial charge in [-0.25, -0.2) is 4.79 Å². The van der Waals surface area contributed by atoms with E-state index < -0.39 is 0 Å². The van der Waals surface area contributed by atoms with Crippen LogP contribution in [-0.4, -0.2) is 35.7 Å². The number of hydrogen-bond acceptors (Lipinski definition) is 3. The van der Waals surface area contributed by atoms with Crippen molar-refractivity contribution >= 4 is 6.03 Å². The Hall–Kier alpha value is -1.75. The van der Waals surface area contributed by atoms with E-state index in [1.807, 2.05) is 18.2 Å². The molecule has 2 rings (SSSR count). The zero-order valence-corrected chi connectivity index (χ0v) is 14.4. The molecule has 2 amide bonds. The Kier molecular flexibility index (Phi) is 5.88. The number of benzene rings is 1. The summed E-state index contributed by atoms with van der Waals surface area (Å²) in [5.74, 6) is 0.797. The van der Waals surface area contributed by atoms with Crippen molar-refractivity contribution in [3.05, 3.63) is 29.3 Å². The number of amides is 2. The molecule has 1 aromatic rings. The summed E-state index contributed by atoms with van der Waals surface area (Å²) in [6, 6.07) is 5.57. The SMILES string of the molecule is CC(C)(C)CCCNC(=O)N1CCOc2ccc(CO)cc2C1. The predicted molar refractivity (Wildman–Crippen MR) is 90.4 cm³/mol. The third-order valence-electron chi connectivity index (χ3n) is 3.95. The zero-order valence-electron chi connectivity index (χ0n) is 14.4. The minimum atomic E-state index is -0.0511. The molecular formula is C18H28N2O3. The van der Waals surface area contributed by atoms with E-state index in [0.717, 1.165) is 29.7 Å². The van der Waals surface area contributed by atoms with Gasteiger partial charge in [-0.2, -0.15) is 0 Å². The molecule has 1 aromatic carbocycles. The lowest BCUT2D eigenvalue weighted by atomic mass is 9.91. The van der Waals surface area contributed by atoms with Crippen LogP contribution in [0.5, 0.6) is 5.75 Å². The fourth-order valence-electron chi connectivity index (χ4n) is 2.65. The van der Waals surface area contributed by atoms with Crippen LogP contribution in [0.25, 0.3) is 0 Å². The molecule has 0 saturated carbocycles. The molecule has 0 fully saturated rings. The van der Waals surface area contributed by atoms with Crippen molar-refractivity contribution in [2.75, 3.05) is 19.7 Å². The zero-order chi connectivity index (χ0) is 16.9. The number of fused-ring (bicyclic) bond motifs is 1. The summed E-state index contributed by atoms with van der Waals surface area (Å²) in [5, 5.41) is 12.3. The second kappa shape index (κ2) is 7.68. The molecule has 0 aliphatic carbocycles. The van der Waals surface area contributed by atoms with E-state index in [9.17, 15) is 9.90 Å². The van der Waals surface area contributed by atoms with Crippen LogP contribution in [-0.2, 0) is 13.2 Å². The first-order valence-corrected chi connectivity index (χ1v) is 8.27. The first-order valence-electron chi connectivity index (χ1n) is 8.27. The summed E-state index contributed by atoms with van der Waals surface area (Å²) in [6.07, 6.45) is 2.06. The second-order valence-electron chi connectivity index (χ2n) is 7.27. The van der Waals surface area contributed by atoms with Crippen molar-refractivity contribution in [3.63, 3.8) is 0 Å². The molecule has 0 atom stereocenters. The third kappa shape index (κ3) is 5.43. The lowest BCUT2D eigenvalue weighted by Gasteiger charge is -2.22. The topological polar surface area (TPSA) is 61.8 Å². The van der Waals surface area contributed by atoms with Crippen LogP contribution in [0.2, 0.25) is 0 Å². The maximum atomic E-state index is 12.3. The maximum absolute atomic E-state index is 12.3. The highest BCUT2D eigenvalue weighted by atomic mass is 16.5. The molecule has 0 bridgehead atoms. The Balaban J connectivity index is 1.91. The highest BCUT2D eigenvalue weighted by Crippen LogP contribution is 2.24. The van der Waals surface area contributed by atoms with Gasteiger partial charge in [0.2, 0.25) is 0 Å². The van der Waals surface area contributed by atoms with Crippen LogP contribution in [0, 0.1) is 5.41 Å². The van der Waals surface area contributed by atoms with Gasteiger partial charge in [0.15, 0.2) is 0 Å². The largest absolute Gasteiger partial charge is 0.491 e. The molecule has 0 spiro atoms. The van der Waals surface area contributed by atoms with Crippen molar-refractivity contribution in [1.82, 2.24) is 10.2 Å². The van der Waals surface area contributed by atoms with Crippen LogP contribution in [0.3, 0.4) is 0 Å². The Morgan fingerprint density at radius 1 is 1.39 bits per heavy atom. The number of urea groups is 1. The van der Waals surface area contributed by atoms with Crippen LogP contribution in [0.15, 0.2) is 18.2 Å². The highest BCUT2D eigenvalue weighted by molar-refractivity contribution is 5.74. The van der Waals surface area contributed by atoms with E-state index >= 15 is 0 Å². The van der Waals surface area contributed by atoms with E-state index in [-0.39, 0.29) is 12.6 Å². The number of aliphatic hydroxyl groups excluding tert-OH is 1. The average Bonchev–Trinajstić information content (AvgIpc) is 2.71. The molecule has 1 heterocycles. The van der Waals surface area contributed by atoms with Gasteiger partial charge >= 0.3 is 6.03 Å². The van der Waals surface area contributed by atoms with Crippen molar-refractivity contribution in [1.29, 1.82) is 0 Å². The Bertz CT molecular complexity index is 538. The molecular weight excluding hydrogens is 292 g/mol. The lowest BCUT2D eigenvalue weighted by Crippen LogP contribution is -2.41. The second-order valence-corrected chi connectivity index (χ2v) is 7.27. The third-order valence-corrected chi connectivity index (χ3v) is 3.95. The van der Waals surface area contributed by atoms with Gasteiger partial charge in [0.1, 0.15) is 12.4 Å². The first-order chi connectivity index (χ1) is 10.9. The van der Waals surface area contributed by atoms with Gasteiger partial charge in [-0.3, -0.25) is 0 Å². The molecule has 0 saturated heterocycles. The number of ether oxygens (including phenoxy) is 1. The highest BCUT2D eigenvalue weighted by Gasteiger charge is 2.20. The molecule has 1 aliphatic rings. The molecule has 23 heavy (non-hydrogen) atoms. The van der Waals surface area contributed by atoms with Crippen LogP contribution in [0.1, 0.15) is 44.7 Å². The number of carbonyl (C=O) groups excluding carboxylic acids is 1. The lowest BCUT2D eigenvalue weighted by molar-refractivity contribution is 0.187. The number of rotatable bonds is 4. The summed E-state index contributed by atoms with van der Waals surface area (Å²) < 4.78 is 5.70. The molecule has 0 unspecified atom stereocenters. The number of nitrogens with one attached hydrogen (secondary N) is 1. The van der Waals surface area contributed by atoms with Gasteiger partial charge in [-0.1, -0.05) is 26.8 Å². The van der Waals surface area contributed by atoms with Crippen LogP contribution < -0.4 is 10.1 Å². The standard InChI is InChI=1S/C18H28N2O3/c1-18(2,3)7-4-8-19-17(22)20-9-10-23-16-6-5-14(13-21)11-15(16)12-20/h5-6,11,21H,4,7-10,12-13H2,1-3H3,(H,19,22). The Morgan fingerprint density at radius 3 is 2.87 bits per heavy atom. The first kappa shape index (κ1) is 17.6. The summed E-state index contributed by atoms with van der Waals surface area (Å²) >= 11 is 0. The fourth-order valence-corrected chi connectivity index (χ4v) is 2.65. The molecule has 0 radical (unpaired) electrons. The summed E-state index contributed by atoms with van der Waals surface area (Å²) in [6.45, 7) is 8.86. The molecule has 128 valence electrons. The van der Waals surface area contributed by atoms with Crippen molar-refractivity contribution in [3.8, 4) is 5.75 Å². The number of carbonyl (C=O) groups is 1. The average molecular weight is 320 g/mol. The molecule has 0 aromatic heterocycles. The minimum absolute atomic E-state index is 0.00766. The van der Waals surface area contributed by atoms with E-state index in [1.54, 1.807) is 4.90 Å². The smallest absolute Gasteiger partial charge is 0.317 e. The molecule has 5 heteroatoms. The van der Waals surface area contributed by atoms with Gasteiger partial charge in [-0.15, -0.1) is 0 Å². The number of aliphatic hydroxyl groups is 1. The van der Waals surface area contributed by atoms with E-state index in [1.165, 1.54) is 0 Å². The van der Waals surface area contributed by atoms with Crippen molar-refractivity contribution in [2.45, 2.75) is 46.8 Å². The molecule has 1 aliphatic heterocycles. The predicted octanol–water partition coefficient (Wildman–Crippen LogP) is 2.91. The Labute approximate surface area is 138 Å².